The van der Waals surface area contributed by atoms with Gasteiger partial charge in [0.25, 0.3) is 11.8 Å². The van der Waals surface area contributed by atoms with Crippen LogP contribution in [0.2, 0.25) is 5.02 Å². The van der Waals surface area contributed by atoms with Crippen LogP contribution in [-0.2, 0) is 0 Å². The van der Waals surface area contributed by atoms with Gasteiger partial charge in [0.15, 0.2) is 0 Å². The van der Waals surface area contributed by atoms with E-state index in [9.17, 15) is 9.59 Å². The standard InChI is InChI=1S/C21H17ClN2O2/c1-14-10-12-15(13-11-14)23-21(26)17-7-3-5-9-19(17)24-20(25)16-6-2-4-8-18(16)22/h2-13H,1H3,(H,23,26)(H,24,25). The number of aryl methyl sites for hydroxylation is 1. The van der Waals surface area contributed by atoms with E-state index < -0.39 is 0 Å². The van der Waals surface area contributed by atoms with Crippen LogP contribution in [0.25, 0.3) is 0 Å². The summed E-state index contributed by atoms with van der Waals surface area (Å²) < 4.78 is 0. The van der Waals surface area contributed by atoms with Gasteiger partial charge < -0.3 is 10.6 Å². The fourth-order valence-electron chi connectivity index (χ4n) is 2.46. The van der Waals surface area contributed by atoms with E-state index in [0.717, 1.165) is 5.56 Å². The molecule has 0 saturated heterocycles. The van der Waals surface area contributed by atoms with Crippen LogP contribution in [0, 0.1) is 6.92 Å². The summed E-state index contributed by atoms with van der Waals surface area (Å²) >= 11 is 6.07. The van der Waals surface area contributed by atoms with Crippen LogP contribution in [0.3, 0.4) is 0 Å². The quantitative estimate of drug-likeness (QED) is 0.672. The summed E-state index contributed by atoms with van der Waals surface area (Å²) in [7, 11) is 0. The number of halogens is 1. The highest BCUT2D eigenvalue weighted by Crippen LogP contribution is 2.21. The first-order valence-electron chi connectivity index (χ1n) is 8.07. The van der Waals surface area contributed by atoms with Crippen LogP contribution < -0.4 is 10.6 Å². The second-order valence-electron chi connectivity index (χ2n) is 5.80. The topological polar surface area (TPSA) is 58.2 Å². The first kappa shape index (κ1) is 17.7. The minimum atomic E-state index is -0.369. The molecule has 3 rings (SSSR count). The van der Waals surface area contributed by atoms with E-state index in [1.54, 1.807) is 48.5 Å². The molecule has 0 aromatic heterocycles. The van der Waals surface area contributed by atoms with Gasteiger partial charge in [-0.2, -0.15) is 0 Å². The summed E-state index contributed by atoms with van der Waals surface area (Å²) in [6.07, 6.45) is 0. The fourth-order valence-corrected chi connectivity index (χ4v) is 2.68. The van der Waals surface area contributed by atoms with Gasteiger partial charge in [-0.3, -0.25) is 9.59 Å². The highest BCUT2D eigenvalue weighted by Gasteiger charge is 2.15. The second kappa shape index (κ2) is 7.85. The molecule has 5 heteroatoms. The number of benzene rings is 3. The lowest BCUT2D eigenvalue weighted by Gasteiger charge is -2.12. The van der Waals surface area contributed by atoms with Crippen molar-refractivity contribution in [3.63, 3.8) is 0 Å². The SMILES string of the molecule is Cc1ccc(NC(=O)c2ccccc2NC(=O)c2ccccc2Cl)cc1. The maximum Gasteiger partial charge on any atom is 0.257 e. The zero-order chi connectivity index (χ0) is 18.5. The summed E-state index contributed by atoms with van der Waals surface area (Å²) in [5, 5.41) is 5.95. The summed E-state index contributed by atoms with van der Waals surface area (Å²) in [5.41, 5.74) is 2.93. The molecule has 3 aromatic carbocycles. The van der Waals surface area contributed by atoms with E-state index in [1.807, 2.05) is 31.2 Å². The van der Waals surface area contributed by atoms with Crippen molar-refractivity contribution in [1.82, 2.24) is 0 Å². The molecule has 2 N–H and O–H groups in total. The Labute approximate surface area is 156 Å². The first-order chi connectivity index (χ1) is 12.5. The number of amides is 2. The van der Waals surface area contributed by atoms with Gasteiger partial charge >= 0.3 is 0 Å². The monoisotopic (exact) mass is 364 g/mol. The van der Waals surface area contributed by atoms with E-state index in [-0.39, 0.29) is 11.8 Å². The number of para-hydroxylation sites is 1. The molecule has 0 aliphatic rings. The van der Waals surface area contributed by atoms with Crippen molar-refractivity contribution in [2.75, 3.05) is 10.6 Å². The smallest absolute Gasteiger partial charge is 0.257 e. The van der Waals surface area contributed by atoms with Gasteiger partial charge in [-0.05, 0) is 43.3 Å². The summed E-state index contributed by atoms with van der Waals surface area (Å²) in [4.78, 5) is 25.1. The summed E-state index contributed by atoms with van der Waals surface area (Å²) in [5.74, 6) is -0.671. The Morgan fingerprint density at radius 3 is 2.00 bits per heavy atom. The van der Waals surface area contributed by atoms with E-state index >= 15 is 0 Å². The van der Waals surface area contributed by atoms with Crippen molar-refractivity contribution in [1.29, 1.82) is 0 Å². The molecular weight excluding hydrogens is 348 g/mol. The van der Waals surface area contributed by atoms with E-state index in [1.165, 1.54) is 0 Å². The number of hydrogen-bond donors (Lipinski definition) is 2. The third-order valence-electron chi connectivity index (χ3n) is 3.85. The number of carbonyl (C=O) groups excluding carboxylic acids is 2. The molecule has 0 aliphatic heterocycles. The van der Waals surface area contributed by atoms with Crippen molar-refractivity contribution in [2.45, 2.75) is 6.92 Å². The molecule has 0 saturated carbocycles. The van der Waals surface area contributed by atoms with Gasteiger partial charge in [0.05, 0.1) is 21.8 Å². The Balaban J connectivity index is 1.81. The molecular formula is C21H17ClN2O2. The van der Waals surface area contributed by atoms with Crippen LogP contribution in [0.1, 0.15) is 26.3 Å². The average Bonchev–Trinajstić information content (AvgIpc) is 2.64. The van der Waals surface area contributed by atoms with Crippen molar-refractivity contribution in [3.05, 3.63) is 94.5 Å². The number of rotatable bonds is 4. The van der Waals surface area contributed by atoms with Crippen LogP contribution in [0.15, 0.2) is 72.8 Å². The molecule has 26 heavy (non-hydrogen) atoms. The lowest BCUT2D eigenvalue weighted by atomic mass is 10.1. The molecule has 0 fully saturated rings. The molecule has 2 amide bonds. The molecule has 0 radical (unpaired) electrons. The Hall–Kier alpha value is -3.11. The van der Waals surface area contributed by atoms with Crippen molar-refractivity contribution in [3.8, 4) is 0 Å². The van der Waals surface area contributed by atoms with Gasteiger partial charge in [0.1, 0.15) is 0 Å². The third-order valence-corrected chi connectivity index (χ3v) is 4.18. The molecule has 3 aromatic rings. The molecule has 0 unspecified atom stereocenters. The minimum Gasteiger partial charge on any atom is -0.322 e. The summed E-state index contributed by atoms with van der Waals surface area (Å²) in [6.45, 7) is 1.98. The average molecular weight is 365 g/mol. The maximum atomic E-state index is 12.6. The third kappa shape index (κ3) is 4.10. The highest BCUT2D eigenvalue weighted by molar-refractivity contribution is 6.34. The molecule has 0 atom stereocenters. The second-order valence-corrected chi connectivity index (χ2v) is 6.21. The van der Waals surface area contributed by atoms with Crippen LogP contribution in [-0.4, -0.2) is 11.8 Å². The van der Waals surface area contributed by atoms with Crippen LogP contribution in [0.5, 0.6) is 0 Å². The summed E-state index contributed by atoms with van der Waals surface area (Å²) in [6, 6.07) is 21.1. The van der Waals surface area contributed by atoms with Crippen LogP contribution in [0.4, 0.5) is 11.4 Å². The molecule has 0 heterocycles. The Kier molecular flexibility index (Phi) is 5.34. The van der Waals surface area contributed by atoms with Crippen molar-refractivity contribution < 1.29 is 9.59 Å². The molecule has 4 nitrogen and oxygen atoms in total. The number of anilines is 2. The molecule has 0 aliphatic carbocycles. The van der Waals surface area contributed by atoms with Crippen molar-refractivity contribution in [2.24, 2.45) is 0 Å². The van der Waals surface area contributed by atoms with Gasteiger partial charge in [-0.15, -0.1) is 0 Å². The predicted octanol–water partition coefficient (Wildman–Crippen LogP) is 5.15. The van der Waals surface area contributed by atoms with Crippen molar-refractivity contribution >= 4 is 34.8 Å². The Morgan fingerprint density at radius 2 is 1.31 bits per heavy atom. The van der Waals surface area contributed by atoms with Gasteiger partial charge in [0, 0.05) is 5.69 Å². The number of nitrogens with one attached hydrogen (secondary N) is 2. The number of hydrogen-bond acceptors (Lipinski definition) is 2. The maximum absolute atomic E-state index is 12.6. The Bertz CT molecular complexity index is 952. The van der Waals surface area contributed by atoms with E-state index in [0.29, 0.717) is 27.5 Å². The highest BCUT2D eigenvalue weighted by atomic mass is 35.5. The van der Waals surface area contributed by atoms with Gasteiger partial charge in [-0.1, -0.05) is 53.6 Å². The lowest BCUT2D eigenvalue weighted by Crippen LogP contribution is -2.18. The predicted molar refractivity (Wildman–Crippen MR) is 105 cm³/mol. The normalized spacial score (nSPS) is 10.2. The van der Waals surface area contributed by atoms with E-state index in [2.05, 4.69) is 10.6 Å². The molecule has 130 valence electrons. The fraction of sp³-hybridized carbons (Fsp3) is 0.0476. The van der Waals surface area contributed by atoms with E-state index in [4.69, 9.17) is 11.6 Å². The largest absolute Gasteiger partial charge is 0.322 e. The first-order valence-corrected chi connectivity index (χ1v) is 8.45. The van der Waals surface area contributed by atoms with Gasteiger partial charge in [0.2, 0.25) is 0 Å². The zero-order valence-corrected chi connectivity index (χ0v) is 14.9. The number of carbonyl (C=O) groups is 2. The lowest BCUT2D eigenvalue weighted by molar-refractivity contribution is 0.102. The molecule has 0 bridgehead atoms. The minimum absolute atomic E-state index is 0.302. The Morgan fingerprint density at radius 1 is 0.731 bits per heavy atom. The molecule has 0 spiro atoms. The van der Waals surface area contributed by atoms with Gasteiger partial charge in [-0.25, -0.2) is 0 Å². The van der Waals surface area contributed by atoms with Crippen LogP contribution >= 0.6 is 11.6 Å². The zero-order valence-electron chi connectivity index (χ0n) is 14.1.